The SMILES string of the molecule is CC(=O)[C@H]1CN[C@@H]2Cc3c[nH]c4cccc(c34)[C@H]2C1. The molecule has 2 N–H and O–H groups in total. The summed E-state index contributed by atoms with van der Waals surface area (Å²) in [5.41, 5.74) is 4.07. The van der Waals surface area contributed by atoms with Gasteiger partial charge in [0.05, 0.1) is 0 Å². The van der Waals surface area contributed by atoms with E-state index in [4.69, 9.17) is 0 Å². The van der Waals surface area contributed by atoms with Gasteiger partial charge in [-0.2, -0.15) is 0 Å². The monoisotopic (exact) mass is 254 g/mol. The number of carbonyl (C=O) groups is 1. The maximum absolute atomic E-state index is 11.7. The summed E-state index contributed by atoms with van der Waals surface area (Å²) in [7, 11) is 0. The standard InChI is InChI=1S/C16H18N2O/c1-9(19)10-5-13-12-3-2-4-14-16(12)11(8-17-14)6-15(13)18-7-10/h2-4,8,10,13,15,17-18H,5-7H2,1H3/t10-,13-,15-/m1/s1. The van der Waals surface area contributed by atoms with Crippen LogP contribution in [0.5, 0.6) is 0 Å². The van der Waals surface area contributed by atoms with Crippen LogP contribution in [0.4, 0.5) is 0 Å². The highest BCUT2D eigenvalue weighted by molar-refractivity contribution is 5.88. The molecule has 1 aromatic carbocycles. The van der Waals surface area contributed by atoms with Crippen LogP contribution in [0, 0.1) is 5.92 Å². The molecule has 4 rings (SSSR count). The Morgan fingerprint density at radius 3 is 3.11 bits per heavy atom. The van der Waals surface area contributed by atoms with Crippen LogP contribution in [0.2, 0.25) is 0 Å². The molecule has 3 heteroatoms. The van der Waals surface area contributed by atoms with E-state index in [1.165, 1.54) is 22.0 Å². The molecule has 0 bridgehead atoms. The Hall–Kier alpha value is -1.61. The van der Waals surface area contributed by atoms with Gasteiger partial charge in [-0.15, -0.1) is 0 Å². The lowest BCUT2D eigenvalue weighted by molar-refractivity contribution is -0.121. The fourth-order valence-electron chi connectivity index (χ4n) is 3.85. The molecular formula is C16H18N2O. The predicted octanol–water partition coefficient (Wildman–Crippen LogP) is 2.37. The van der Waals surface area contributed by atoms with E-state index in [1.54, 1.807) is 6.92 Å². The van der Waals surface area contributed by atoms with E-state index < -0.39 is 0 Å². The first kappa shape index (κ1) is 11.2. The molecule has 0 unspecified atom stereocenters. The van der Waals surface area contributed by atoms with E-state index in [0.717, 1.165) is 19.4 Å². The summed E-state index contributed by atoms with van der Waals surface area (Å²) in [6.45, 7) is 2.56. The Labute approximate surface area is 112 Å². The average Bonchev–Trinajstić information content (AvgIpc) is 2.83. The lowest BCUT2D eigenvalue weighted by atomic mass is 9.72. The summed E-state index contributed by atoms with van der Waals surface area (Å²) in [4.78, 5) is 15.0. The van der Waals surface area contributed by atoms with E-state index >= 15 is 0 Å². The topological polar surface area (TPSA) is 44.9 Å². The van der Waals surface area contributed by atoms with Crippen molar-refractivity contribution in [3.05, 3.63) is 35.5 Å². The van der Waals surface area contributed by atoms with Crippen LogP contribution >= 0.6 is 0 Å². The lowest BCUT2D eigenvalue weighted by Crippen LogP contribution is -2.48. The van der Waals surface area contributed by atoms with Gasteiger partial charge in [0, 0.05) is 41.5 Å². The van der Waals surface area contributed by atoms with Crippen molar-refractivity contribution in [2.45, 2.75) is 31.7 Å². The Morgan fingerprint density at radius 2 is 2.26 bits per heavy atom. The molecule has 0 saturated carbocycles. The highest BCUT2D eigenvalue weighted by atomic mass is 16.1. The van der Waals surface area contributed by atoms with Crippen molar-refractivity contribution in [2.75, 3.05) is 6.54 Å². The van der Waals surface area contributed by atoms with Gasteiger partial charge in [0.1, 0.15) is 5.78 Å². The van der Waals surface area contributed by atoms with Gasteiger partial charge in [-0.05, 0) is 37.0 Å². The summed E-state index contributed by atoms with van der Waals surface area (Å²) in [5, 5.41) is 4.99. The largest absolute Gasteiger partial charge is 0.361 e. The normalized spacial score (nSPS) is 29.2. The summed E-state index contributed by atoms with van der Waals surface area (Å²) in [6.07, 6.45) is 4.21. The zero-order valence-corrected chi connectivity index (χ0v) is 11.1. The number of benzene rings is 1. The molecule has 0 spiro atoms. The highest BCUT2D eigenvalue weighted by Gasteiger charge is 2.37. The number of nitrogens with one attached hydrogen (secondary N) is 2. The maximum atomic E-state index is 11.7. The van der Waals surface area contributed by atoms with Crippen LogP contribution in [0.3, 0.4) is 0 Å². The quantitative estimate of drug-likeness (QED) is 0.820. The second kappa shape index (κ2) is 3.94. The molecule has 0 radical (unpaired) electrons. The van der Waals surface area contributed by atoms with Crippen molar-refractivity contribution in [1.29, 1.82) is 0 Å². The van der Waals surface area contributed by atoms with Gasteiger partial charge in [0.15, 0.2) is 0 Å². The number of carbonyl (C=O) groups excluding carboxylic acids is 1. The van der Waals surface area contributed by atoms with Crippen LogP contribution in [-0.2, 0) is 11.2 Å². The third-order valence-electron chi connectivity index (χ3n) is 4.88. The Kier molecular flexibility index (Phi) is 2.33. The number of H-pyrrole nitrogens is 1. The molecule has 2 heterocycles. The van der Waals surface area contributed by atoms with E-state index in [1.807, 2.05) is 0 Å². The number of aromatic nitrogens is 1. The molecule has 2 aliphatic rings. The smallest absolute Gasteiger partial charge is 0.134 e. The molecule has 1 fully saturated rings. The number of hydrogen-bond donors (Lipinski definition) is 2. The minimum atomic E-state index is 0.178. The fourth-order valence-corrected chi connectivity index (χ4v) is 3.85. The first-order chi connectivity index (χ1) is 9.24. The number of fused-ring (bicyclic) bond motifs is 2. The number of aromatic amines is 1. The molecule has 0 amide bonds. The number of ketones is 1. The van der Waals surface area contributed by atoms with Crippen molar-refractivity contribution in [3.63, 3.8) is 0 Å². The lowest BCUT2D eigenvalue weighted by Gasteiger charge is -2.39. The minimum Gasteiger partial charge on any atom is -0.361 e. The van der Waals surface area contributed by atoms with E-state index in [2.05, 4.69) is 34.7 Å². The zero-order chi connectivity index (χ0) is 13.0. The fraction of sp³-hybridized carbons (Fsp3) is 0.438. The molecule has 2 aromatic rings. The molecule has 1 aliphatic carbocycles. The third-order valence-corrected chi connectivity index (χ3v) is 4.88. The van der Waals surface area contributed by atoms with Crippen LogP contribution in [0.25, 0.3) is 10.9 Å². The maximum Gasteiger partial charge on any atom is 0.134 e. The van der Waals surface area contributed by atoms with Crippen LogP contribution < -0.4 is 5.32 Å². The molecule has 1 saturated heterocycles. The molecule has 3 atom stereocenters. The molecule has 1 aliphatic heterocycles. The van der Waals surface area contributed by atoms with Gasteiger partial charge in [-0.3, -0.25) is 4.79 Å². The number of Topliss-reactive ketones (excluding diaryl/α,β-unsaturated/α-hetero) is 1. The molecule has 3 nitrogen and oxygen atoms in total. The molecular weight excluding hydrogens is 236 g/mol. The van der Waals surface area contributed by atoms with E-state index in [9.17, 15) is 4.79 Å². The van der Waals surface area contributed by atoms with E-state index in [0.29, 0.717) is 17.7 Å². The number of hydrogen-bond acceptors (Lipinski definition) is 2. The van der Waals surface area contributed by atoms with Crippen molar-refractivity contribution in [1.82, 2.24) is 10.3 Å². The molecule has 98 valence electrons. The van der Waals surface area contributed by atoms with Gasteiger partial charge in [0.2, 0.25) is 0 Å². The third kappa shape index (κ3) is 1.58. The number of piperidine rings is 1. The number of rotatable bonds is 1. The van der Waals surface area contributed by atoms with Crippen molar-refractivity contribution in [2.24, 2.45) is 5.92 Å². The summed E-state index contributed by atoms with van der Waals surface area (Å²) >= 11 is 0. The van der Waals surface area contributed by atoms with E-state index in [-0.39, 0.29) is 5.92 Å². The average molecular weight is 254 g/mol. The van der Waals surface area contributed by atoms with Gasteiger partial charge >= 0.3 is 0 Å². The second-order valence-corrected chi connectivity index (χ2v) is 5.95. The Bertz CT molecular complexity index is 658. The Balaban J connectivity index is 1.82. The van der Waals surface area contributed by atoms with Crippen molar-refractivity contribution in [3.8, 4) is 0 Å². The van der Waals surface area contributed by atoms with Gasteiger partial charge < -0.3 is 10.3 Å². The zero-order valence-electron chi connectivity index (χ0n) is 11.1. The van der Waals surface area contributed by atoms with Gasteiger partial charge in [-0.25, -0.2) is 0 Å². The Morgan fingerprint density at radius 1 is 1.37 bits per heavy atom. The summed E-state index contributed by atoms with van der Waals surface area (Å²) in [6, 6.07) is 6.99. The second-order valence-electron chi connectivity index (χ2n) is 5.95. The first-order valence-electron chi connectivity index (χ1n) is 7.06. The van der Waals surface area contributed by atoms with Crippen LogP contribution in [0.1, 0.15) is 30.4 Å². The summed E-state index contributed by atoms with van der Waals surface area (Å²) < 4.78 is 0. The molecule has 1 aromatic heterocycles. The van der Waals surface area contributed by atoms with Crippen LogP contribution in [0.15, 0.2) is 24.4 Å². The molecule has 19 heavy (non-hydrogen) atoms. The highest BCUT2D eigenvalue weighted by Crippen LogP contribution is 2.41. The van der Waals surface area contributed by atoms with Gasteiger partial charge in [0.25, 0.3) is 0 Å². The first-order valence-corrected chi connectivity index (χ1v) is 7.06. The van der Waals surface area contributed by atoms with Crippen molar-refractivity contribution < 1.29 is 4.79 Å². The van der Waals surface area contributed by atoms with Gasteiger partial charge in [-0.1, -0.05) is 12.1 Å². The summed E-state index contributed by atoms with van der Waals surface area (Å²) in [5.74, 6) is 0.977. The minimum absolute atomic E-state index is 0.178. The van der Waals surface area contributed by atoms with Crippen LogP contribution in [-0.4, -0.2) is 23.4 Å². The predicted molar refractivity (Wildman–Crippen MR) is 75.3 cm³/mol. The van der Waals surface area contributed by atoms with Crippen molar-refractivity contribution >= 4 is 16.7 Å².